The van der Waals surface area contributed by atoms with Crippen LogP contribution in [0.4, 0.5) is 0 Å². The van der Waals surface area contributed by atoms with Crippen molar-refractivity contribution in [3.8, 4) is 16.9 Å². The van der Waals surface area contributed by atoms with Crippen LogP contribution in [0.1, 0.15) is 30.1 Å². The Balaban J connectivity index is 1.85. The van der Waals surface area contributed by atoms with E-state index in [0.29, 0.717) is 25.1 Å². The molecular formula is C21H23NO4. The zero-order valence-electron chi connectivity index (χ0n) is 14.9. The number of piperidine rings is 1. The Hall–Kier alpha value is -2.82. The first-order valence-electron chi connectivity index (χ1n) is 8.94. The highest BCUT2D eigenvalue weighted by molar-refractivity contribution is 5.96. The molecule has 1 N–H and O–H groups in total. The second kappa shape index (κ2) is 8.04. The van der Waals surface area contributed by atoms with Gasteiger partial charge in [-0.1, -0.05) is 30.3 Å². The van der Waals surface area contributed by atoms with Gasteiger partial charge in [-0.25, -0.2) is 0 Å². The monoisotopic (exact) mass is 353 g/mol. The van der Waals surface area contributed by atoms with Crippen molar-refractivity contribution in [1.29, 1.82) is 0 Å². The molecule has 1 aliphatic rings. The van der Waals surface area contributed by atoms with Crippen LogP contribution < -0.4 is 4.74 Å². The lowest BCUT2D eigenvalue weighted by atomic mass is 9.97. The topological polar surface area (TPSA) is 66.8 Å². The lowest BCUT2D eigenvalue weighted by Crippen LogP contribution is -2.42. The normalized spacial score (nSPS) is 17.0. The number of amides is 1. The Labute approximate surface area is 153 Å². The van der Waals surface area contributed by atoms with Gasteiger partial charge in [-0.15, -0.1) is 0 Å². The molecule has 0 bridgehead atoms. The summed E-state index contributed by atoms with van der Waals surface area (Å²) in [7, 11) is 0. The Bertz CT molecular complexity index is 802. The maximum Gasteiger partial charge on any atom is 0.308 e. The number of rotatable bonds is 5. The predicted octanol–water partition coefficient (Wildman–Crippen LogP) is 3.69. The van der Waals surface area contributed by atoms with Gasteiger partial charge in [0.05, 0.1) is 12.5 Å². The molecule has 0 aliphatic carbocycles. The van der Waals surface area contributed by atoms with Crippen LogP contribution in [-0.4, -0.2) is 41.6 Å². The number of likely N-dealkylation sites (tertiary alicyclic amines) is 1. The van der Waals surface area contributed by atoms with Crippen molar-refractivity contribution in [2.75, 3.05) is 19.7 Å². The van der Waals surface area contributed by atoms with E-state index in [1.54, 1.807) is 11.0 Å². The van der Waals surface area contributed by atoms with Crippen molar-refractivity contribution < 1.29 is 19.4 Å². The van der Waals surface area contributed by atoms with Crippen LogP contribution in [0.15, 0.2) is 48.5 Å². The minimum absolute atomic E-state index is 0.119. The largest absolute Gasteiger partial charge is 0.493 e. The molecule has 0 radical (unpaired) electrons. The predicted molar refractivity (Wildman–Crippen MR) is 99.3 cm³/mol. The standard InChI is InChI=1S/C21H23NO4/c1-2-26-19-11-4-3-10-18(19)15-7-5-8-16(13-15)20(23)22-12-6-9-17(14-22)21(24)25/h3-5,7-8,10-11,13,17H,2,6,9,12,14H2,1H3,(H,24,25)/t17-/m0/s1. The van der Waals surface area contributed by atoms with Gasteiger partial charge in [0, 0.05) is 24.2 Å². The van der Waals surface area contributed by atoms with Crippen molar-refractivity contribution in [1.82, 2.24) is 4.90 Å². The number of hydrogen-bond donors (Lipinski definition) is 1. The summed E-state index contributed by atoms with van der Waals surface area (Å²) in [5, 5.41) is 9.23. The Morgan fingerprint density at radius 2 is 2.00 bits per heavy atom. The molecule has 5 nitrogen and oxygen atoms in total. The number of carboxylic acid groups (broad SMARTS) is 1. The van der Waals surface area contributed by atoms with Crippen LogP contribution in [0, 0.1) is 5.92 Å². The first-order valence-corrected chi connectivity index (χ1v) is 8.94. The Morgan fingerprint density at radius 1 is 1.19 bits per heavy atom. The summed E-state index contributed by atoms with van der Waals surface area (Å²) in [4.78, 5) is 25.8. The third-order valence-corrected chi connectivity index (χ3v) is 4.67. The van der Waals surface area contributed by atoms with E-state index in [1.165, 1.54) is 0 Å². The van der Waals surface area contributed by atoms with Gasteiger partial charge in [0.25, 0.3) is 5.91 Å². The fourth-order valence-electron chi connectivity index (χ4n) is 3.35. The molecule has 0 aromatic heterocycles. The molecule has 0 spiro atoms. The van der Waals surface area contributed by atoms with Gasteiger partial charge in [0.1, 0.15) is 5.75 Å². The third kappa shape index (κ3) is 3.87. The SMILES string of the molecule is CCOc1ccccc1-c1cccc(C(=O)N2CCC[C@H](C(=O)O)C2)c1. The van der Waals surface area contributed by atoms with Crippen LogP contribution in [0.2, 0.25) is 0 Å². The molecule has 1 heterocycles. The summed E-state index contributed by atoms with van der Waals surface area (Å²) < 4.78 is 5.69. The number of carbonyl (C=O) groups is 2. The maximum absolute atomic E-state index is 12.9. The minimum atomic E-state index is -0.832. The molecule has 1 amide bonds. The second-order valence-electron chi connectivity index (χ2n) is 6.44. The van der Waals surface area contributed by atoms with E-state index < -0.39 is 11.9 Å². The smallest absolute Gasteiger partial charge is 0.308 e. The summed E-state index contributed by atoms with van der Waals surface area (Å²) in [6.45, 7) is 3.38. The molecular weight excluding hydrogens is 330 g/mol. The Morgan fingerprint density at radius 3 is 2.77 bits per heavy atom. The fourth-order valence-corrected chi connectivity index (χ4v) is 3.35. The van der Waals surface area contributed by atoms with Crippen LogP contribution in [0.5, 0.6) is 5.75 Å². The summed E-state index contributed by atoms with van der Waals surface area (Å²) in [6.07, 6.45) is 1.34. The third-order valence-electron chi connectivity index (χ3n) is 4.67. The van der Waals surface area contributed by atoms with E-state index in [4.69, 9.17) is 4.74 Å². The molecule has 1 saturated heterocycles. The number of hydrogen-bond acceptors (Lipinski definition) is 3. The first kappa shape index (κ1) is 18.0. The van der Waals surface area contributed by atoms with E-state index in [-0.39, 0.29) is 12.5 Å². The number of carbonyl (C=O) groups excluding carboxylic acids is 1. The zero-order valence-corrected chi connectivity index (χ0v) is 14.9. The van der Waals surface area contributed by atoms with E-state index in [9.17, 15) is 14.7 Å². The highest BCUT2D eigenvalue weighted by Gasteiger charge is 2.28. The van der Waals surface area contributed by atoms with E-state index >= 15 is 0 Å². The van der Waals surface area contributed by atoms with Crippen molar-refractivity contribution in [3.05, 3.63) is 54.1 Å². The van der Waals surface area contributed by atoms with E-state index in [0.717, 1.165) is 23.3 Å². The van der Waals surface area contributed by atoms with Gasteiger partial charge in [-0.2, -0.15) is 0 Å². The second-order valence-corrected chi connectivity index (χ2v) is 6.44. The van der Waals surface area contributed by atoms with Crippen LogP contribution in [-0.2, 0) is 4.79 Å². The van der Waals surface area contributed by atoms with Gasteiger partial charge in [-0.05, 0) is 43.5 Å². The van der Waals surface area contributed by atoms with Crippen molar-refractivity contribution in [2.24, 2.45) is 5.92 Å². The van der Waals surface area contributed by atoms with Crippen molar-refractivity contribution >= 4 is 11.9 Å². The molecule has 1 fully saturated rings. The average Bonchev–Trinajstić information content (AvgIpc) is 2.68. The van der Waals surface area contributed by atoms with Gasteiger partial charge in [-0.3, -0.25) is 9.59 Å². The quantitative estimate of drug-likeness (QED) is 0.890. The highest BCUT2D eigenvalue weighted by atomic mass is 16.5. The first-order chi connectivity index (χ1) is 12.6. The fraction of sp³-hybridized carbons (Fsp3) is 0.333. The summed E-state index contributed by atoms with van der Waals surface area (Å²) in [6, 6.07) is 15.2. The number of para-hydroxylation sites is 1. The molecule has 136 valence electrons. The van der Waals surface area contributed by atoms with Gasteiger partial charge < -0.3 is 14.7 Å². The molecule has 2 aromatic carbocycles. The van der Waals surface area contributed by atoms with Gasteiger partial charge in [0.15, 0.2) is 0 Å². The van der Waals surface area contributed by atoms with Crippen LogP contribution >= 0.6 is 0 Å². The maximum atomic E-state index is 12.9. The molecule has 1 atom stereocenters. The molecule has 0 saturated carbocycles. The van der Waals surface area contributed by atoms with Crippen LogP contribution in [0.3, 0.4) is 0 Å². The molecule has 26 heavy (non-hydrogen) atoms. The average molecular weight is 353 g/mol. The number of aliphatic carboxylic acids is 1. The van der Waals surface area contributed by atoms with Gasteiger partial charge >= 0.3 is 5.97 Å². The van der Waals surface area contributed by atoms with Gasteiger partial charge in [0.2, 0.25) is 0 Å². The number of nitrogens with zero attached hydrogens (tertiary/aromatic N) is 1. The molecule has 0 unspecified atom stereocenters. The van der Waals surface area contributed by atoms with Crippen LogP contribution in [0.25, 0.3) is 11.1 Å². The van der Waals surface area contributed by atoms with Crippen molar-refractivity contribution in [2.45, 2.75) is 19.8 Å². The number of ether oxygens (including phenoxy) is 1. The lowest BCUT2D eigenvalue weighted by Gasteiger charge is -2.30. The number of benzene rings is 2. The van der Waals surface area contributed by atoms with Crippen molar-refractivity contribution in [3.63, 3.8) is 0 Å². The van der Waals surface area contributed by atoms with E-state index in [2.05, 4.69) is 0 Å². The molecule has 3 rings (SSSR count). The summed E-state index contributed by atoms with van der Waals surface area (Å²) >= 11 is 0. The minimum Gasteiger partial charge on any atom is -0.493 e. The highest BCUT2D eigenvalue weighted by Crippen LogP contribution is 2.31. The summed E-state index contributed by atoms with van der Waals surface area (Å²) in [5.74, 6) is -0.647. The number of carboxylic acids is 1. The Kier molecular flexibility index (Phi) is 5.56. The van der Waals surface area contributed by atoms with E-state index in [1.807, 2.05) is 49.4 Å². The molecule has 1 aliphatic heterocycles. The lowest BCUT2D eigenvalue weighted by molar-refractivity contribution is -0.143. The molecule has 2 aromatic rings. The zero-order chi connectivity index (χ0) is 18.5. The summed E-state index contributed by atoms with van der Waals surface area (Å²) in [5.41, 5.74) is 2.41. The molecule has 5 heteroatoms.